The molecule has 0 heterocycles. The monoisotopic (exact) mass is 254 g/mol. The molecule has 0 spiro atoms. The number of carbonyl (C=O) groups is 1. The van der Waals surface area contributed by atoms with Crippen LogP contribution in [0, 0.1) is 0 Å². The number of carboxylic acid groups (broad SMARTS) is 1. The van der Waals surface area contributed by atoms with E-state index in [1.165, 1.54) is 6.92 Å². The predicted molar refractivity (Wildman–Crippen MR) is 58.1 cm³/mol. The summed E-state index contributed by atoms with van der Waals surface area (Å²) in [5.74, 6) is -1.41. The molecule has 0 saturated heterocycles. The molecule has 2 unspecified atom stereocenters. The van der Waals surface area contributed by atoms with Crippen LogP contribution in [0.15, 0.2) is 0 Å². The van der Waals surface area contributed by atoms with Crippen LogP contribution in [-0.2, 0) is 15.0 Å². The molecule has 0 fully saturated rings. The fraction of sp³-hybridized carbons (Fsp3) is 0.875. The summed E-state index contributed by atoms with van der Waals surface area (Å²) < 4.78 is 26.3. The summed E-state index contributed by atoms with van der Waals surface area (Å²) in [6.45, 7) is 4.96. The number of aliphatic hydroxyl groups excluding tert-OH is 1. The number of aliphatic hydroxyl groups is 1. The minimum atomic E-state index is -3.87. The minimum Gasteiger partial charge on any atom is -0.480 e. The maximum Gasteiger partial charge on any atom is 0.324 e. The number of nitrogens with zero attached hydrogens (tertiary/aromatic N) is 1. The molecule has 96 valence electrons. The molecule has 0 aliphatic heterocycles. The molecule has 0 aromatic rings. The van der Waals surface area contributed by atoms with Crippen molar-refractivity contribution in [3.8, 4) is 0 Å². The van der Waals surface area contributed by atoms with Gasteiger partial charge in [-0.3, -0.25) is 4.79 Å². The topological polar surface area (TPSA) is 107 Å². The van der Waals surface area contributed by atoms with Crippen LogP contribution in [0.5, 0.6) is 0 Å². The molecule has 0 rings (SSSR count). The molecular formula is C8H18N2O5S. The lowest BCUT2D eigenvalue weighted by molar-refractivity contribution is -0.141. The molecule has 0 aromatic carbocycles. The van der Waals surface area contributed by atoms with Crippen molar-refractivity contribution in [3.05, 3.63) is 0 Å². The molecule has 8 heteroatoms. The highest BCUT2D eigenvalue weighted by molar-refractivity contribution is 7.87. The van der Waals surface area contributed by atoms with Crippen molar-refractivity contribution in [3.63, 3.8) is 0 Å². The van der Waals surface area contributed by atoms with Crippen LogP contribution in [0.4, 0.5) is 0 Å². The van der Waals surface area contributed by atoms with E-state index < -0.39 is 28.3 Å². The molecule has 2 atom stereocenters. The van der Waals surface area contributed by atoms with Crippen molar-refractivity contribution in [1.29, 1.82) is 0 Å². The van der Waals surface area contributed by atoms with Crippen molar-refractivity contribution >= 4 is 16.2 Å². The molecule has 0 aromatic heterocycles. The van der Waals surface area contributed by atoms with E-state index in [2.05, 4.69) is 0 Å². The van der Waals surface area contributed by atoms with E-state index in [1.54, 1.807) is 13.8 Å². The molecule has 0 aliphatic rings. The number of aliphatic carboxylic acids is 1. The van der Waals surface area contributed by atoms with Gasteiger partial charge in [0.15, 0.2) is 0 Å². The average Bonchev–Trinajstić information content (AvgIpc) is 2.14. The Morgan fingerprint density at radius 3 is 2.06 bits per heavy atom. The van der Waals surface area contributed by atoms with Crippen molar-refractivity contribution in [2.75, 3.05) is 13.1 Å². The quantitative estimate of drug-likeness (QED) is 0.540. The third kappa shape index (κ3) is 4.05. The van der Waals surface area contributed by atoms with Crippen LogP contribution in [0.25, 0.3) is 0 Å². The van der Waals surface area contributed by atoms with Crippen molar-refractivity contribution in [1.82, 2.24) is 9.03 Å². The number of hydrogen-bond acceptors (Lipinski definition) is 4. The minimum absolute atomic E-state index is 0.234. The van der Waals surface area contributed by atoms with E-state index in [4.69, 9.17) is 10.2 Å². The normalized spacial score (nSPS) is 16.1. The summed E-state index contributed by atoms with van der Waals surface area (Å²) in [4.78, 5) is 10.7. The van der Waals surface area contributed by atoms with E-state index in [-0.39, 0.29) is 13.1 Å². The van der Waals surface area contributed by atoms with Gasteiger partial charge in [-0.25, -0.2) is 0 Å². The first kappa shape index (κ1) is 15.3. The molecular weight excluding hydrogens is 236 g/mol. The smallest absolute Gasteiger partial charge is 0.324 e. The standard InChI is InChI=1S/C8H18N2O5S/c1-4-10(5-2)16(14,15)9-7(6(3)11)8(12)13/h6-7,9,11H,4-5H2,1-3H3,(H,12,13). The van der Waals surface area contributed by atoms with Crippen molar-refractivity contribution < 1.29 is 23.4 Å². The zero-order valence-corrected chi connectivity index (χ0v) is 10.4. The van der Waals surface area contributed by atoms with Gasteiger partial charge in [0.25, 0.3) is 10.2 Å². The first-order valence-electron chi connectivity index (χ1n) is 4.94. The largest absolute Gasteiger partial charge is 0.480 e. The van der Waals surface area contributed by atoms with E-state index in [0.29, 0.717) is 0 Å². The van der Waals surface area contributed by atoms with Gasteiger partial charge >= 0.3 is 5.97 Å². The van der Waals surface area contributed by atoms with Gasteiger partial charge in [0.2, 0.25) is 0 Å². The van der Waals surface area contributed by atoms with Crippen LogP contribution < -0.4 is 4.72 Å². The van der Waals surface area contributed by atoms with Crippen LogP contribution >= 0.6 is 0 Å². The van der Waals surface area contributed by atoms with Gasteiger partial charge in [-0.15, -0.1) is 0 Å². The maximum absolute atomic E-state index is 11.7. The third-order valence-corrected chi connectivity index (χ3v) is 3.82. The zero-order chi connectivity index (χ0) is 12.9. The summed E-state index contributed by atoms with van der Waals surface area (Å²) >= 11 is 0. The van der Waals surface area contributed by atoms with Crippen LogP contribution in [0.1, 0.15) is 20.8 Å². The Hall–Kier alpha value is -0.700. The molecule has 7 nitrogen and oxygen atoms in total. The van der Waals surface area contributed by atoms with Crippen molar-refractivity contribution in [2.45, 2.75) is 32.9 Å². The van der Waals surface area contributed by atoms with Crippen molar-refractivity contribution in [2.24, 2.45) is 0 Å². The molecule has 0 amide bonds. The second-order valence-corrected chi connectivity index (χ2v) is 4.97. The molecule has 0 aliphatic carbocycles. The van der Waals surface area contributed by atoms with E-state index >= 15 is 0 Å². The van der Waals surface area contributed by atoms with E-state index in [1.807, 2.05) is 4.72 Å². The number of nitrogens with one attached hydrogen (secondary N) is 1. The highest BCUT2D eigenvalue weighted by atomic mass is 32.2. The zero-order valence-electron chi connectivity index (χ0n) is 9.54. The van der Waals surface area contributed by atoms with Gasteiger partial charge < -0.3 is 10.2 Å². The second kappa shape index (κ2) is 6.14. The number of rotatable bonds is 7. The van der Waals surface area contributed by atoms with Gasteiger partial charge in [0.1, 0.15) is 6.04 Å². The lowest BCUT2D eigenvalue weighted by atomic mass is 10.2. The van der Waals surface area contributed by atoms with Crippen LogP contribution in [0.3, 0.4) is 0 Å². The maximum atomic E-state index is 11.7. The molecule has 3 N–H and O–H groups in total. The molecule has 0 saturated carbocycles. The Balaban J connectivity index is 4.86. The Morgan fingerprint density at radius 2 is 1.81 bits per heavy atom. The predicted octanol–water partition coefficient (Wildman–Crippen LogP) is -1.00. The summed E-state index contributed by atoms with van der Waals surface area (Å²) in [7, 11) is -3.87. The highest BCUT2D eigenvalue weighted by Crippen LogP contribution is 2.02. The summed E-state index contributed by atoms with van der Waals surface area (Å²) in [5, 5.41) is 17.9. The van der Waals surface area contributed by atoms with Gasteiger partial charge in [0.05, 0.1) is 6.10 Å². The highest BCUT2D eigenvalue weighted by Gasteiger charge is 2.30. The number of hydrogen-bond donors (Lipinski definition) is 3. The molecule has 0 radical (unpaired) electrons. The fourth-order valence-corrected chi connectivity index (χ4v) is 2.60. The fourth-order valence-electron chi connectivity index (χ4n) is 1.15. The van der Waals surface area contributed by atoms with E-state index in [0.717, 1.165) is 4.31 Å². The van der Waals surface area contributed by atoms with Gasteiger partial charge in [-0.1, -0.05) is 13.8 Å². The Bertz CT molecular complexity index is 323. The summed E-state index contributed by atoms with van der Waals surface area (Å²) in [5.41, 5.74) is 0. The summed E-state index contributed by atoms with van der Waals surface area (Å²) in [6, 6.07) is -1.54. The summed E-state index contributed by atoms with van der Waals surface area (Å²) in [6.07, 6.45) is -1.30. The Kier molecular flexibility index (Phi) is 5.87. The van der Waals surface area contributed by atoms with Gasteiger partial charge in [-0.2, -0.15) is 17.4 Å². The van der Waals surface area contributed by atoms with Gasteiger partial charge in [0, 0.05) is 13.1 Å². The second-order valence-electron chi connectivity index (χ2n) is 3.26. The molecule has 0 bridgehead atoms. The average molecular weight is 254 g/mol. The Morgan fingerprint density at radius 1 is 1.38 bits per heavy atom. The lowest BCUT2D eigenvalue weighted by Crippen LogP contribution is -2.52. The number of carboxylic acids is 1. The SMILES string of the molecule is CCN(CC)S(=O)(=O)NC(C(=O)O)C(C)O. The first-order valence-corrected chi connectivity index (χ1v) is 6.38. The van der Waals surface area contributed by atoms with E-state index in [9.17, 15) is 13.2 Å². The lowest BCUT2D eigenvalue weighted by Gasteiger charge is -2.23. The Labute approximate surface area is 95.2 Å². The molecule has 16 heavy (non-hydrogen) atoms. The van der Waals surface area contributed by atoms with Crippen LogP contribution in [-0.4, -0.2) is 54.1 Å². The first-order chi connectivity index (χ1) is 7.26. The van der Waals surface area contributed by atoms with Crippen LogP contribution in [0.2, 0.25) is 0 Å². The third-order valence-electron chi connectivity index (χ3n) is 2.07. The van der Waals surface area contributed by atoms with Gasteiger partial charge in [-0.05, 0) is 6.92 Å².